The molecule has 0 aromatic rings. The van der Waals surface area contributed by atoms with E-state index in [-0.39, 0.29) is 0 Å². The molecule has 8 heavy (non-hydrogen) atoms. The van der Waals surface area contributed by atoms with Gasteiger partial charge in [0.2, 0.25) is 0 Å². The molecule has 0 aliphatic heterocycles. The van der Waals surface area contributed by atoms with Crippen LogP contribution in [0.1, 0.15) is 20.3 Å². The minimum atomic E-state index is 0.505. The van der Waals surface area contributed by atoms with Crippen LogP contribution < -0.4 is 0 Å². The van der Waals surface area contributed by atoms with Crippen LogP contribution >= 0.6 is 0 Å². The van der Waals surface area contributed by atoms with Gasteiger partial charge in [-0.05, 0) is 31.9 Å². The van der Waals surface area contributed by atoms with E-state index in [9.17, 15) is 0 Å². The summed E-state index contributed by atoms with van der Waals surface area (Å²) < 4.78 is 0. The summed E-state index contributed by atoms with van der Waals surface area (Å²) >= 11 is 0. The van der Waals surface area contributed by atoms with Crippen molar-refractivity contribution in [1.29, 1.82) is 0 Å². The number of rotatable bonds is 2. The minimum absolute atomic E-state index is 0.505. The highest BCUT2D eigenvalue weighted by atomic mass is 14.8. The first kappa shape index (κ1) is 5.80. The minimum Gasteiger partial charge on any atom is -0.298 e. The van der Waals surface area contributed by atoms with Crippen LogP contribution in [0.3, 0.4) is 0 Å². The van der Waals surface area contributed by atoms with Gasteiger partial charge in [-0.25, -0.2) is 0 Å². The molecule has 46 valence electrons. The van der Waals surface area contributed by atoms with Crippen molar-refractivity contribution in [3.05, 3.63) is 0 Å². The predicted octanol–water partition coefficient (Wildman–Crippen LogP) is 1.73. The monoisotopic (exact) mass is 111 g/mol. The largest absolute Gasteiger partial charge is 0.298 e. The lowest BCUT2D eigenvalue weighted by molar-refractivity contribution is 0.614. The van der Waals surface area contributed by atoms with Crippen molar-refractivity contribution in [2.45, 2.75) is 26.3 Å². The van der Waals surface area contributed by atoms with Gasteiger partial charge in [0.15, 0.2) is 0 Å². The van der Waals surface area contributed by atoms with E-state index in [1.807, 2.05) is 0 Å². The molecular formula is C7H13N. The summed E-state index contributed by atoms with van der Waals surface area (Å²) in [6.45, 7) is 7.92. The molecule has 0 saturated heterocycles. The molecule has 1 rings (SSSR count). The van der Waals surface area contributed by atoms with Crippen molar-refractivity contribution in [3.8, 4) is 0 Å². The fourth-order valence-electron chi connectivity index (χ4n) is 1.16. The second kappa shape index (κ2) is 1.88. The highest BCUT2D eigenvalue weighted by molar-refractivity contribution is 5.24. The molecule has 1 aliphatic rings. The van der Waals surface area contributed by atoms with Gasteiger partial charge in [0.25, 0.3) is 0 Å². The SMILES string of the molecule is C=NC(C)C1C[C@@H]1C. The highest BCUT2D eigenvalue weighted by Crippen LogP contribution is 2.41. The molecule has 2 unspecified atom stereocenters. The van der Waals surface area contributed by atoms with Crippen molar-refractivity contribution in [1.82, 2.24) is 0 Å². The quantitative estimate of drug-likeness (QED) is 0.481. The first-order valence-electron chi connectivity index (χ1n) is 3.21. The van der Waals surface area contributed by atoms with Crippen molar-refractivity contribution in [2.24, 2.45) is 16.8 Å². The van der Waals surface area contributed by atoms with Gasteiger partial charge in [0, 0.05) is 6.04 Å². The predicted molar refractivity (Wildman–Crippen MR) is 36.3 cm³/mol. The molecule has 1 heteroatoms. The number of hydrogen-bond acceptors (Lipinski definition) is 1. The van der Waals surface area contributed by atoms with Crippen LogP contribution in [0, 0.1) is 11.8 Å². The van der Waals surface area contributed by atoms with Gasteiger partial charge in [0.05, 0.1) is 0 Å². The van der Waals surface area contributed by atoms with Crippen LogP contribution in [0.15, 0.2) is 4.99 Å². The maximum Gasteiger partial charge on any atom is 0.0495 e. The molecule has 0 heterocycles. The Morgan fingerprint density at radius 1 is 1.75 bits per heavy atom. The topological polar surface area (TPSA) is 12.4 Å². The van der Waals surface area contributed by atoms with E-state index in [1.54, 1.807) is 0 Å². The van der Waals surface area contributed by atoms with Crippen molar-refractivity contribution >= 4 is 6.72 Å². The third-order valence-electron chi connectivity index (χ3n) is 2.08. The number of nitrogens with zero attached hydrogens (tertiary/aromatic N) is 1. The molecule has 0 bridgehead atoms. The maximum atomic E-state index is 3.95. The Labute approximate surface area is 50.8 Å². The van der Waals surface area contributed by atoms with Crippen LogP contribution in [-0.2, 0) is 0 Å². The Bertz CT molecular complexity index is 98.6. The van der Waals surface area contributed by atoms with Crippen molar-refractivity contribution in [3.63, 3.8) is 0 Å². The molecule has 1 saturated carbocycles. The normalized spacial score (nSPS) is 38.8. The fraction of sp³-hybridized carbons (Fsp3) is 0.857. The van der Waals surface area contributed by atoms with E-state index in [4.69, 9.17) is 0 Å². The van der Waals surface area contributed by atoms with Gasteiger partial charge in [-0.15, -0.1) is 0 Å². The lowest BCUT2D eigenvalue weighted by Crippen LogP contribution is -1.99. The Morgan fingerprint density at radius 3 is 2.38 bits per heavy atom. The van der Waals surface area contributed by atoms with Crippen LogP contribution in [-0.4, -0.2) is 12.8 Å². The lowest BCUT2D eigenvalue weighted by atomic mass is 10.2. The third kappa shape index (κ3) is 0.908. The Morgan fingerprint density at radius 2 is 2.25 bits per heavy atom. The lowest BCUT2D eigenvalue weighted by Gasteiger charge is -1.99. The molecular weight excluding hydrogens is 98.1 g/mol. The third-order valence-corrected chi connectivity index (χ3v) is 2.08. The number of aliphatic imine (C=N–C) groups is 1. The molecule has 0 amide bonds. The summed E-state index contributed by atoms with van der Waals surface area (Å²) in [6.07, 6.45) is 1.36. The Hall–Kier alpha value is -0.330. The second-order valence-corrected chi connectivity index (χ2v) is 2.80. The second-order valence-electron chi connectivity index (χ2n) is 2.80. The van der Waals surface area contributed by atoms with E-state index in [1.165, 1.54) is 6.42 Å². The van der Waals surface area contributed by atoms with Crippen molar-refractivity contribution in [2.75, 3.05) is 0 Å². The molecule has 1 aliphatic carbocycles. The smallest absolute Gasteiger partial charge is 0.0495 e. The average molecular weight is 111 g/mol. The Balaban J connectivity index is 2.27. The molecule has 1 fully saturated rings. The summed E-state index contributed by atoms with van der Waals surface area (Å²) in [4.78, 5) is 3.95. The van der Waals surface area contributed by atoms with Gasteiger partial charge in [-0.3, -0.25) is 4.99 Å². The summed E-state index contributed by atoms with van der Waals surface area (Å²) in [5, 5.41) is 0. The molecule has 0 N–H and O–H groups in total. The maximum absolute atomic E-state index is 3.95. The van der Waals surface area contributed by atoms with Gasteiger partial charge in [-0.1, -0.05) is 6.92 Å². The van der Waals surface area contributed by atoms with Crippen molar-refractivity contribution < 1.29 is 0 Å². The molecule has 0 spiro atoms. The van der Waals surface area contributed by atoms with E-state index >= 15 is 0 Å². The zero-order valence-electron chi connectivity index (χ0n) is 5.59. The van der Waals surface area contributed by atoms with Crippen LogP contribution in [0.5, 0.6) is 0 Å². The van der Waals surface area contributed by atoms with Gasteiger partial charge in [-0.2, -0.15) is 0 Å². The molecule has 0 aromatic carbocycles. The highest BCUT2D eigenvalue weighted by Gasteiger charge is 2.36. The summed E-state index contributed by atoms with van der Waals surface area (Å²) in [6, 6.07) is 0.505. The van der Waals surface area contributed by atoms with Crippen LogP contribution in [0.2, 0.25) is 0 Å². The standard InChI is InChI=1S/C7H13N/c1-5-4-7(5)6(2)8-3/h5-7H,3-4H2,1-2H3/t5-,6?,7?/m0/s1. The Kier molecular flexibility index (Phi) is 1.37. The van der Waals surface area contributed by atoms with Gasteiger partial charge < -0.3 is 0 Å². The van der Waals surface area contributed by atoms with Gasteiger partial charge >= 0.3 is 0 Å². The van der Waals surface area contributed by atoms with E-state index in [0.29, 0.717) is 6.04 Å². The van der Waals surface area contributed by atoms with E-state index < -0.39 is 0 Å². The summed E-state index contributed by atoms with van der Waals surface area (Å²) in [5.74, 6) is 1.77. The molecule has 0 aromatic heterocycles. The fourth-order valence-corrected chi connectivity index (χ4v) is 1.16. The zero-order chi connectivity index (χ0) is 6.15. The van der Waals surface area contributed by atoms with Crippen LogP contribution in [0.25, 0.3) is 0 Å². The summed E-state index contributed by atoms with van der Waals surface area (Å²) in [7, 11) is 0. The van der Waals surface area contributed by atoms with Gasteiger partial charge in [0.1, 0.15) is 0 Å². The van der Waals surface area contributed by atoms with E-state index in [2.05, 4.69) is 25.6 Å². The molecule has 1 nitrogen and oxygen atoms in total. The van der Waals surface area contributed by atoms with Crippen LogP contribution in [0.4, 0.5) is 0 Å². The average Bonchev–Trinajstić information content (AvgIpc) is 2.45. The summed E-state index contributed by atoms with van der Waals surface area (Å²) in [5.41, 5.74) is 0. The first-order chi connectivity index (χ1) is 3.75. The number of hydrogen-bond donors (Lipinski definition) is 0. The molecule has 0 radical (unpaired) electrons. The first-order valence-corrected chi connectivity index (χ1v) is 3.21. The molecule has 3 atom stereocenters. The van der Waals surface area contributed by atoms with E-state index in [0.717, 1.165) is 11.8 Å². The zero-order valence-corrected chi connectivity index (χ0v) is 5.59.